The van der Waals surface area contributed by atoms with Gasteiger partial charge in [0.15, 0.2) is 0 Å². The lowest BCUT2D eigenvalue weighted by Gasteiger charge is -2.19. The van der Waals surface area contributed by atoms with E-state index in [1.807, 2.05) is 20.8 Å². The molecular weight excluding hydrogens is 488 g/mol. The number of benzene rings is 2. The highest BCUT2D eigenvalue weighted by Crippen LogP contribution is 2.31. The zero-order chi connectivity index (χ0) is 27.2. The number of aromatic amines is 1. The van der Waals surface area contributed by atoms with Gasteiger partial charge in [-0.25, -0.2) is 14.4 Å². The number of rotatable bonds is 6. The minimum Gasteiger partial charge on any atom is -0.459 e. The van der Waals surface area contributed by atoms with Crippen molar-refractivity contribution in [2.45, 2.75) is 52.0 Å². The Hall–Kier alpha value is -4.42. The molecular formula is C29H28N2O7. The molecule has 0 unspecified atom stereocenters. The van der Waals surface area contributed by atoms with Gasteiger partial charge < -0.3 is 14.2 Å². The number of carbonyl (C=O) groups excluding carboxylic acids is 2. The van der Waals surface area contributed by atoms with Crippen LogP contribution >= 0.6 is 0 Å². The zero-order valence-electron chi connectivity index (χ0n) is 21.4. The smallest absolute Gasteiger partial charge is 0.338 e. The maximum absolute atomic E-state index is 12.9. The van der Waals surface area contributed by atoms with Gasteiger partial charge in [-0.1, -0.05) is 54.2 Å². The van der Waals surface area contributed by atoms with Crippen molar-refractivity contribution in [3.8, 4) is 11.8 Å². The maximum atomic E-state index is 12.9. The molecule has 1 N–H and O–H groups in total. The van der Waals surface area contributed by atoms with Crippen LogP contribution in [0.15, 0.2) is 64.3 Å². The van der Waals surface area contributed by atoms with E-state index in [2.05, 4.69) is 16.8 Å². The number of hydrogen-bond donors (Lipinski definition) is 1. The largest absolute Gasteiger partial charge is 0.459 e. The molecule has 0 radical (unpaired) electrons. The average Bonchev–Trinajstić information content (AvgIpc) is 3.29. The Morgan fingerprint density at radius 3 is 2.21 bits per heavy atom. The first-order chi connectivity index (χ1) is 18.2. The second-order valence-corrected chi connectivity index (χ2v) is 9.00. The fourth-order valence-electron chi connectivity index (χ4n) is 3.94. The third-order valence-electron chi connectivity index (χ3n) is 6.07. The molecule has 3 atom stereocenters. The van der Waals surface area contributed by atoms with Gasteiger partial charge in [-0.05, 0) is 38.1 Å². The Kier molecular flexibility index (Phi) is 8.24. The summed E-state index contributed by atoms with van der Waals surface area (Å²) in [6.07, 6.45) is -0.619. The van der Waals surface area contributed by atoms with Gasteiger partial charge in [0.1, 0.15) is 30.6 Å². The van der Waals surface area contributed by atoms with E-state index in [1.54, 1.807) is 48.5 Å². The monoisotopic (exact) mass is 516 g/mol. The van der Waals surface area contributed by atoms with Gasteiger partial charge in [0.05, 0.1) is 11.1 Å². The molecule has 0 aliphatic carbocycles. The summed E-state index contributed by atoms with van der Waals surface area (Å²) in [5.74, 6) is 4.41. The lowest BCUT2D eigenvalue weighted by molar-refractivity contribution is -0.0582. The number of H-pyrrole nitrogens is 1. The summed E-state index contributed by atoms with van der Waals surface area (Å²) in [5.41, 5.74) is 1.53. The quantitative estimate of drug-likeness (QED) is 0.395. The van der Waals surface area contributed by atoms with Crippen molar-refractivity contribution in [3.63, 3.8) is 0 Å². The molecule has 2 aromatic carbocycles. The first kappa shape index (κ1) is 26.6. The predicted octanol–water partition coefficient (Wildman–Crippen LogP) is 3.29. The molecule has 3 aromatic rings. The molecule has 0 bridgehead atoms. The van der Waals surface area contributed by atoms with Crippen molar-refractivity contribution in [2.75, 3.05) is 6.61 Å². The minimum atomic E-state index is -0.888. The maximum Gasteiger partial charge on any atom is 0.338 e. The number of aryl methyl sites for hydroxylation is 2. The summed E-state index contributed by atoms with van der Waals surface area (Å²) >= 11 is 0. The SMILES string of the molecule is CCC#Cc1cn([C@H]2C[C@H](OC(=O)c3ccc(C)cc3)[C@@H](COC(=O)c3ccc(C)cc3)O2)c(=O)[nH]c1=O. The van der Waals surface area contributed by atoms with Crippen molar-refractivity contribution < 1.29 is 23.8 Å². The van der Waals surface area contributed by atoms with E-state index in [1.165, 1.54) is 10.8 Å². The molecule has 38 heavy (non-hydrogen) atoms. The van der Waals surface area contributed by atoms with Gasteiger partial charge in [-0.15, -0.1) is 0 Å². The summed E-state index contributed by atoms with van der Waals surface area (Å²) in [7, 11) is 0. The number of esters is 2. The molecule has 9 heteroatoms. The Bertz CT molecular complexity index is 1490. The van der Waals surface area contributed by atoms with Gasteiger partial charge in [0, 0.05) is 19.0 Å². The Balaban J connectivity index is 1.57. The molecule has 0 amide bonds. The van der Waals surface area contributed by atoms with Crippen LogP contribution in [0.2, 0.25) is 0 Å². The van der Waals surface area contributed by atoms with Gasteiger partial charge >= 0.3 is 17.6 Å². The first-order valence-corrected chi connectivity index (χ1v) is 12.3. The van der Waals surface area contributed by atoms with Crippen LogP contribution in [0.25, 0.3) is 0 Å². The molecule has 9 nitrogen and oxygen atoms in total. The van der Waals surface area contributed by atoms with Crippen molar-refractivity contribution in [1.29, 1.82) is 0 Å². The van der Waals surface area contributed by atoms with Crippen LogP contribution in [-0.2, 0) is 14.2 Å². The summed E-state index contributed by atoms with van der Waals surface area (Å²) in [6, 6.07) is 13.8. The molecule has 1 fully saturated rings. The third kappa shape index (κ3) is 6.28. The van der Waals surface area contributed by atoms with E-state index in [0.29, 0.717) is 17.5 Å². The van der Waals surface area contributed by atoms with E-state index in [-0.39, 0.29) is 18.6 Å². The van der Waals surface area contributed by atoms with E-state index in [0.717, 1.165) is 11.1 Å². The van der Waals surface area contributed by atoms with E-state index in [9.17, 15) is 19.2 Å². The van der Waals surface area contributed by atoms with Crippen molar-refractivity contribution >= 4 is 11.9 Å². The lowest BCUT2D eigenvalue weighted by atomic mass is 10.1. The molecule has 0 saturated carbocycles. The molecule has 1 saturated heterocycles. The molecule has 1 aliphatic heterocycles. The van der Waals surface area contributed by atoms with E-state index >= 15 is 0 Å². The van der Waals surface area contributed by atoms with Crippen molar-refractivity contribution in [2.24, 2.45) is 0 Å². The van der Waals surface area contributed by atoms with Crippen LogP contribution in [-0.4, -0.2) is 40.3 Å². The first-order valence-electron chi connectivity index (χ1n) is 12.3. The summed E-state index contributed by atoms with van der Waals surface area (Å²) in [4.78, 5) is 52.5. The molecule has 196 valence electrons. The number of ether oxygens (including phenoxy) is 3. The standard InChI is InChI=1S/C29H28N2O7/c1-4-5-6-22-16-31(29(35)30-26(22)32)25-15-23(38-28(34)21-13-9-19(3)10-14-21)24(37-25)17-36-27(33)20-11-7-18(2)8-12-20/h7-14,16,23-25H,4,15,17H2,1-3H3,(H,30,32,35)/t23-,24+,25+/m0/s1. The number of hydrogen-bond acceptors (Lipinski definition) is 7. The van der Waals surface area contributed by atoms with E-state index in [4.69, 9.17) is 14.2 Å². The Morgan fingerprint density at radius 1 is 1.00 bits per heavy atom. The van der Waals surface area contributed by atoms with Crippen LogP contribution in [0.3, 0.4) is 0 Å². The summed E-state index contributed by atoms with van der Waals surface area (Å²) < 4.78 is 18.5. The molecule has 0 spiro atoms. The highest BCUT2D eigenvalue weighted by Gasteiger charge is 2.40. The normalized spacial score (nSPS) is 18.3. The van der Waals surface area contributed by atoms with Crippen molar-refractivity contribution in [3.05, 3.63) is 103 Å². The Labute approximate surface area is 219 Å². The molecule has 1 aromatic heterocycles. The number of aromatic nitrogens is 2. The molecule has 2 heterocycles. The van der Waals surface area contributed by atoms with E-state index < -0.39 is 41.6 Å². The topological polar surface area (TPSA) is 117 Å². The summed E-state index contributed by atoms with van der Waals surface area (Å²) in [6.45, 7) is 5.44. The van der Waals surface area contributed by atoms with Gasteiger partial charge in [0.25, 0.3) is 5.56 Å². The predicted molar refractivity (Wildman–Crippen MR) is 139 cm³/mol. The van der Waals surface area contributed by atoms with Gasteiger partial charge in [-0.2, -0.15) is 0 Å². The van der Waals surface area contributed by atoms with Crippen LogP contribution in [0.1, 0.15) is 63.4 Å². The molecule has 1 aliphatic rings. The lowest BCUT2D eigenvalue weighted by Crippen LogP contribution is -2.34. The van der Waals surface area contributed by atoms with Crippen LogP contribution in [0.5, 0.6) is 0 Å². The van der Waals surface area contributed by atoms with Crippen molar-refractivity contribution in [1.82, 2.24) is 9.55 Å². The number of nitrogens with zero attached hydrogens (tertiary/aromatic N) is 1. The fraction of sp³-hybridized carbons (Fsp3) is 0.310. The Morgan fingerprint density at radius 2 is 1.61 bits per heavy atom. The van der Waals surface area contributed by atoms with Crippen LogP contribution in [0, 0.1) is 25.7 Å². The highest BCUT2D eigenvalue weighted by molar-refractivity contribution is 5.90. The third-order valence-corrected chi connectivity index (χ3v) is 6.07. The number of carbonyl (C=O) groups is 2. The summed E-state index contributed by atoms with van der Waals surface area (Å²) in [5, 5.41) is 0. The highest BCUT2D eigenvalue weighted by atomic mass is 16.6. The second-order valence-electron chi connectivity index (χ2n) is 9.00. The van der Waals surface area contributed by atoms with Gasteiger partial charge in [-0.3, -0.25) is 14.3 Å². The zero-order valence-corrected chi connectivity index (χ0v) is 21.4. The fourth-order valence-corrected chi connectivity index (χ4v) is 3.94. The number of nitrogens with one attached hydrogen (secondary N) is 1. The van der Waals surface area contributed by atoms with Gasteiger partial charge in [0.2, 0.25) is 0 Å². The van der Waals surface area contributed by atoms with Crippen LogP contribution < -0.4 is 11.2 Å². The second kappa shape index (κ2) is 11.8. The molecule has 4 rings (SSSR count). The minimum absolute atomic E-state index is 0.0942. The van der Waals surface area contributed by atoms with Crippen LogP contribution in [0.4, 0.5) is 0 Å². The average molecular weight is 517 g/mol.